The highest BCUT2D eigenvalue weighted by Crippen LogP contribution is 2.44. The number of fused-ring (bicyclic) bond motifs is 2. The molecule has 1 aromatic carbocycles. The Morgan fingerprint density at radius 3 is 2.41 bits per heavy atom. The summed E-state index contributed by atoms with van der Waals surface area (Å²) in [6.45, 7) is 3.26. The lowest BCUT2D eigenvalue weighted by Gasteiger charge is -2.40. The van der Waals surface area contributed by atoms with Crippen LogP contribution in [0.5, 0.6) is 0 Å². The topological polar surface area (TPSA) is 23.5 Å². The average molecular weight is 362 g/mol. The fraction of sp³-hybridized carbons (Fsp3) is 0.579. The highest BCUT2D eigenvalue weighted by Gasteiger charge is 2.39. The Kier molecular flexibility index (Phi) is 3.91. The molecular weight excluding hydrogens is 338 g/mol. The molecule has 1 aromatic rings. The number of hydrogen-bond acceptors (Lipinski definition) is 2. The van der Waals surface area contributed by atoms with Crippen molar-refractivity contribution in [2.45, 2.75) is 31.3 Å². The summed E-state index contributed by atoms with van der Waals surface area (Å²) >= 11 is 3.47. The first-order valence-electron chi connectivity index (χ1n) is 8.51. The molecule has 1 saturated carbocycles. The molecule has 1 N–H and O–H groups in total. The number of piperidine rings is 1. The summed E-state index contributed by atoms with van der Waals surface area (Å²) in [5.41, 5.74) is 0.435. The van der Waals surface area contributed by atoms with Crippen LogP contribution in [0.3, 0.4) is 0 Å². The van der Waals surface area contributed by atoms with Gasteiger partial charge in [-0.25, -0.2) is 0 Å². The second-order valence-electron chi connectivity index (χ2n) is 7.38. The van der Waals surface area contributed by atoms with Crippen molar-refractivity contribution >= 4 is 15.9 Å². The third-order valence-corrected chi connectivity index (χ3v) is 6.50. The van der Waals surface area contributed by atoms with Gasteiger partial charge in [0.05, 0.1) is 5.60 Å². The zero-order chi connectivity index (χ0) is 15.2. The van der Waals surface area contributed by atoms with Crippen LogP contribution in [-0.4, -0.2) is 29.6 Å². The standard InChI is InChI=1S/C19H24BrNO/c20-18-5-3-17(4-6-18)19(22)7-9-21(10-8-19)13-16-12-14-1-2-15(16)11-14/h1-6,14-16,22H,7-13H2. The molecule has 2 bridgehead atoms. The van der Waals surface area contributed by atoms with E-state index in [1.807, 2.05) is 12.1 Å². The van der Waals surface area contributed by atoms with Gasteiger partial charge in [0.1, 0.15) is 0 Å². The van der Waals surface area contributed by atoms with Gasteiger partial charge in [0.15, 0.2) is 0 Å². The molecule has 118 valence electrons. The minimum absolute atomic E-state index is 0.633. The molecule has 2 aliphatic carbocycles. The minimum Gasteiger partial charge on any atom is -0.385 e. The average Bonchev–Trinajstić information content (AvgIpc) is 3.13. The van der Waals surface area contributed by atoms with Crippen molar-refractivity contribution in [2.75, 3.05) is 19.6 Å². The van der Waals surface area contributed by atoms with Crippen molar-refractivity contribution in [3.05, 3.63) is 46.5 Å². The summed E-state index contributed by atoms with van der Waals surface area (Å²) in [6, 6.07) is 8.17. The molecule has 4 rings (SSSR count). The molecule has 3 heteroatoms. The van der Waals surface area contributed by atoms with E-state index >= 15 is 0 Å². The number of hydrogen-bond donors (Lipinski definition) is 1. The third-order valence-electron chi connectivity index (χ3n) is 5.97. The van der Waals surface area contributed by atoms with Crippen LogP contribution in [0.4, 0.5) is 0 Å². The van der Waals surface area contributed by atoms with Crippen LogP contribution in [0.25, 0.3) is 0 Å². The lowest BCUT2D eigenvalue weighted by molar-refractivity contribution is -0.0295. The Morgan fingerprint density at radius 2 is 1.82 bits per heavy atom. The first-order valence-corrected chi connectivity index (χ1v) is 9.31. The Bertz CT molecular complexity index is 559. The highest BCUT2D eigenvalue weighted by molar-refractivity contribution is 9.10. The van der Waals surface area contributed by atoms with Crippen molar-refractivity contribution in [3.8, 4) is 0 Å². The van der Waals surface area contributed by atoms with E-state index in [-0.39, 0.29) is 0 Å². The Hall–Kier alpha value is -0.640. The summed E-state index contributed by atoms with van der Waals surface area (Å²) in [6.07, 6.45) is 9.34. The Balaban J connectivity index is 1.36. The van der Waals surface area contributed by atoms with Gasteiger partial charge in [-0.15, -0.1) is 0 Å². The molecule has 0 radical (unpaired) electrons. The quantitative estimate of drug-likeness (QED) is 0.824. The van der Waals surface area contributed by atoms with E-state index in [9.17, 15) is 5.11 Å². The number of rotatable bonds is 3. The molecule has 0 aromatic heterocycles. The summed E-state index contributed by atoms with van der Waals surface area (Å²) < 4.78 is 1.07. The summed E-state index contributed by atoms with van der Waals surface area (Å²) in [4.78, 5) is 2.58. The summed E-state index contributed by atoms with van der Waals surface area (Å²) in [5.74, 6) is 2.55. The van der Waals surface area contributed by atoms with E-state index < -0.39 is 5.60 Å². The van der Waals surface area contributed by atoms with Crippen LogP contribution in [0.15, 0.2) is 40.9 Å². The SMILES string of the molecule is OC1(c2ccc(Br)cc2)CCN(CC2CC3C=CC2C3)CC1. The van der Waals surface area contributed by atoms with Gasteiger partial charge in [-0.1, -0.05) is 40.2 Å². The second-order valence-corrected chi connectivity index (χ2v) is 8.30. The van der Waals surface area contributed by atoms with Crippen LogP contribution < -0.4 is 0 Å². The molecule has 1 saturated heterocycles. The lowest BCUT2D eigenvalue weighted by Crippen LogP contribution is -2.44. The number of halogens is 1. The summed E-state index contributed by atoms with van der Waals surface area (Å²) in [7, 11) is 0. The van der Waals surface area contributed by atoms with E-state index in [4.69, 9.17) is 0 Å². The fourth-order valence-electron chi connectivity index (χ4n) is 4.59. The van der Waals surface area contributed by atoms with Crippen LogP contribution in [0.1, 0.15) is 31.2 Å². The number of benzene rings is 1. The molecule has 1 heterocycles. The molecule has 3 aliphatic rings. The van der Waals surface area contributed by atoms with E-state index in [1.165, 1.54) is 19.4 Å². The largest absolute Gasteiger partial charge is 0.385 e. The maximum Gasteiger partial charge on any atom is 0.0920 e. The number of aliphatic hydroxyl groups is 1. The van der Waals surface area contributed by atoms with Gasteiger partial charge in [-0.2, -0.15) is 0 Å². The highest BCUT2D eigenvalue weighted by atomic mass is 79.9. The Labute approximate surface area is 141 Å². The normalized spacial score (nSPS) is 33.5. The predicted molar refractivity (Wildman–Crippen MR) is 92.6 cm³/mol. The smallest absolute Gasteiger partial charge is 0.0920 e. The van der Waals surface area contributed by atoms with E-state index in [0.29, 0.717) is 0 Å². The van der Waals surface area contributed by atoms with Gasteiger partial charge in [-0.05, 0) is 61.1 Å². The van der Waals surface area contributed by atoms with Crippen LogP contribution in [-0.2, 0) is 5.60 Å². The first-order chi connectivity index (χ1) is 10.6. The minimum atomic E-state index is -0.633. The second kappa shape index (κ2) is 5.77. The molecule has 0 amide bonds. The third kappa shape index (κ3) is 2.79. The molecule has 22 heavy (non-hydrogen) atoms. The van der Waals surface area contributed by atoms with Gasteiger partial charge in [0.2, 0.25) is 0 Å². The van der Waals surface area contributed by atoms with Gasteiger partial charge >= 0.3 is 0 Å². The molecule has 3 unspecified atom stereocenters. The molecular formula is C19H24BrNO. The van der Waals surface area contributed by atoms with Gasteiger partial charge in [0, 0.05) is 24.1 Å². The van der Waals surface area contributed by atoms with Crippen molar-refractivity contribution in [3.63, 3.8) is 0 Å². The predicted octanol–water partition coefficient (Wildman–Crippen LogP) is 3.94. The number of allylic oxidation sites excluding steroid dienone is 2. The monoisotopic (exact) mass is 361 g/mol. The van der Waals surface area contributed by atoms with Crippen molar-refractivity contribution < 1.29 is 5.11 Å². The number of nitrogens with zero attached hydrogens (tertiary/aromatic N) is 1. The van der Waals surface area contributed by atoms with Gasteiger partial charge in [-0.3, -0.25) is 0 Å². The molecule has 0 spiro atoms. The van der Waals surface area contributed by atoms with Crippen LogP contribution in [0.2, 0.25) is 0 Å². The van der Waals surface area contributed by atoms with Crippen molar-refractivity contribution in [1.29, 1.82) is 0 Å². The van der Waals surface area contributed by atoms with E-state index in [0.717, 1.165) is 53.7 Å². The van der Waals surface area contributed by atoms with Crippen LogP contribution in [0, 0.1) is 17.8 Å². The molecule has 1 aliphatic heterocycles. The maximum atomic E-state index is 11.0. The van der Waals surface area contributed by atoms with E-state index in [1.54, 1.807) is 0 Å². The van der Waals surface area contributed by atoms with Gasteiger partial charge in [0.25, 0.3) is 0 Å². The zero-order valence-electron chi connectivity index (χ0n) is 12.9. The molecule has 2 fully saturated rings. The fourth-order valence-corrected chi connectivity index (χ4v) is 4.85. The lowest BCUT2D eigenvalue weighted by atomic mass is 9.83. The summed E-state index contributed by atoms with van der Waals surface area (Å²) in [5, 5.41) is 11.0. The van der Waals surface area contributed by atoms with Crippen molar-refractivity contribution in [1.82, 2.24) is 4.90 Å². The maximum absolute atomic E-state index is 11.0. The zero-order valence-corrected chi connectivity index (χ0v) is 14.5. The Morgan fingerprint density at radius 1 is 1.09 bits per heavy atom. The van der Waals surface area contributed by atoms with E-state index in [2.05, 4.69) is 45.1 Å². The molecule has 2 nitrogen and oxygen atoms in total. The van der Waals surface area contributed by atoms with Crippen molar-refractivity contribution in [2.24, 2.45) is 17.8 Å². The molecule has 3 atom stereocenters. The first kappa shape index (κ1) is 14.9. The number of likely N-dealkylation sites (tertiary alicyclic amines) is 1. The van der Waals surface area contributed by atoms with Gasteiger partial charge < -0.3 is 10.0 Å². The van der Waals surface area contributed by atoms with Crippen LogP contribution >= 0.6 is 15.9 Å².